The third-order valence-electron chi connectivity index (χ3n) is 5.41. The Hall–Kier alpha value is -3.12. The number of nitrogens with one attached hydrogen (secondary N) is 2. The van der Waals surface area contributed by atoms with E-state index in [2.05, 4.69) is 10.0 Å². The fourth-order valence-electron chi connectivity index (χ4n) is 3.61. The highest BCUT2D eigenvalue weighted by molar-refractivity contribution is 7.92. The molecule has 31 heavy (non-hydrogen) atoms. The Morgan fingerprint density at radius 2 is 1.32 bits per heavy atom. The van der Waals surface area contributed by atoms with Crippen LogP contribution in [-0.4, -0.2) is 14.3 Å². The first kappa shape index (κ1) is 22.6. The number of rotatable bonds is 5. The lowest BCUT2D eigenvalue weighted by molar-refractivity contribution is 0.102. The minimum Gasteiger partial charge on any atom is -0.322 e. The maximum absolute atomic E-state index is 13.1. The highest BCUT2D eigenvalue weighted by atomic mass is 32.2. The molecule has 0 spiro atoms. The largest absolute Gasteiger partial charge is 0.322 e. The number of sulfonamides is 1. The van der Waals surface area contributed by atoms with Gasteiger partial charge in [-0.3, -0.25) is 9.52 Å². The average Bonchev–Trinajstić information content (AvgIpc) is 2.67. The lowest BCUT2D eigenvalue weighted by Crippen LogP contribution is -2.18. The summed E-state index contributed by atoms with van der Waals surface area (Å²) < 4.78 is 28.7. The monoisotopic (exact) mass is 436 g/mol. The fourth-order valence-corrected chi connectivity index (χ4v) is 4.93. The van der Waals surface area contributed by atoms with Crippen LogP contribution >= 0.6 is 0 Å². The number of anilines is 2. The summed E-state index contributed by atoms with van der Waals surface area (Å²) in [5.74, 6) is -0.349. The van der Waals surface area contributed by atoms with Crippen molar-refractivity contribution < 1.29 is 13.2 Å². The number of benzene rings is 3. The zero-order chi connectivity index (χ0) is 22.9. The van der Waals surface area contributed by atoms with Gasteiger partial charge in [0.25, 0.3) is 15.9 Å². The van der Waals surface area contributed by atoms with Gasteiger partial charge >= 0.3 is 0 Å². The van der Waals surface area contributed by atoms with Crippen molar-refractivity contribution in [2.75, 3.05) is 10.0 Å². The van der Waals surface area contributed by atoms with Gasteiger partial charge in [0.2, 0.25) is 0 Å². The number of carbonyl (C=O) groups excluding carboxylic acids is 1. The molecule has 0 bridgehead atoms. The van der Waals surface area contributed by atoms with Gasteiger partial charge in [0.1, 0.15) is 0 Å². The summed E-state index contributed by atoms with van der Waals surface area (Å²) in [7, 11) is -3.85. The van der Waals surface area contributed by atoms with Crippen LogP contribution in [0.5, 0.6) is 0 Å². The molecule has 5 nitrogen and oxygen atoms in total. The maximum atomic E-state index is 13.1. The van der Waals surface area contributed by atoms with Crippen molar-refractivity contribution in [3.8, 4) is 0 Å². The topological polar surface area (TPSA) is 75.3 Å². The van der Waals surface area contributed by atoms with Crippen LogP contribution in [-0.2, 0) is 10.0 Å². The molecule has 0 aliphatic carbocycles. The number of amides is 1. The van der Waals surface area contributed by atoms with E-state index in [1.54, 1.807) is 31.2 Å². The summed E-state index contributed by atoms with van der Waals surface area (Å²) in [5, 5.41) is 2.93. The van der Waals surface area contributed by atoms with E-state index in [1.165, 1.54) is 6.07 Å². The molecule has 0 aliphatic heterocycles. The molecular weight excluding hydrogens is 408 g/mol. The van der Waals surface area contributed by atoms with Crippen molar-refractivity contribution >= 4 is 27.3 Å². The Kier molecular flexibility index (Phi) is 6.23. The average molecular weight is 437 g/mol. The van der Waals surface area contributed by atoms with Crippen molar-refractivity contribution in [1.29, 1.82) is 0 Å². The van der Waals surface area contributed by atoms with Crippen molar-refractivity contribution in [2.24, 2.45) is 0 Å². The summed E-state index contributed by atoms with van der Waals surface area (Å²) in [5.41, 5.74) is 7.20. The zero-order valence-electron chi connectivity index (χ0n) is 18.8. The highest BCUT2D eigenvalue weighted by Crippen LogP contribution is 2.25. The summed E-state index contributed by atoms with van der Waals surface area (Å²) >= 11 is 0. The standard InChI is InChI=1S/C25H28N2O3S/c1-15-11-19(5)24(20(6)12-15)26-25(28)21-9-7-17(3)23(14-21)31(29,30)27-22-10-8-16(2)18(4)13-22/h7-14,27H,1-6H3,(H,26,28). The van der Waals surface area contributed by atoms with Gasteiger partial charge in [0.15, 0.2) is 0 Å². The second-order valence-electron chi connectivity index (χ2n) is 8.11. The van der Waals surface area contributed by atoms with E-state index in [1.807, 2.05) is 52.8 Å². The van der Waals surface area contributed by atoms with Crippen LogP contribution in [0, 0.1) is 41.5 Å². The molecule has 0 saturated carbocycles. The van der Waals surface area contributed by atoms with E-state index in [4.69, 9.17) is 0 Å². The van der Waals surface area contributed by atoms with Gasteiger partial charge in [-0.25, -0.2) is 8.42 Å². The molecule has 0 radical (unpaired) electrons. The summed E-state index contributed by atoms with van der Waals surface area (Å²) in [4.78, 5) is 13.0. The Bertz CT molecular complexity index is 1250. The molecule has 3 rings (SSSR count). The first-order chi connectivity index (χ1) is 14.5. The minimum atomic E-state index is -3.85. The first-order valence-corrected chi connectivity index (χ1v) is 11.6. The molecule has 0 aliphatic rings. The van der Waals surface area contributed by atoms with Gasteiger partial charge in [-0.2, -0.15) is 0 Å². The second-order valence-corrected chi connectivity index (χ2v) is 9.76. The van der Waals surface area contributed by atoms with Crippen molar-refractivity contribution in [3.05, 3.63) is 87.5 Å². The molecule has 3 aromatic carbocycles. The third kappa shape index (κ3) is 4.97. The first-order valence-electron chi connectivity index (χ1n) is 10.1. The van der Waals surface area contributed by atoms with Crippen LogP contribution in [0.15, 0.2) is 53.4 Å². The molecule has 0 atom stereocenters. The molecule has 0 fully saturated rings. The van der Waals surface area contributed by atoms with E-state index in [0.29, 0.717) is 11.3 Å². The number of hydrogen-bond donors (Lipinski definition) is 2. The molecular formula is C25H28N2O3S. The van der Waals surface area contributed by atoms with Crippen LogP contribution in [0.4, 0.5) is 11.4 Å². The second kappa shape index (κ2) is 8.55. The van der Waals surface area contributed by atoms with E-state index < -0.39 is 10.0 Å². The predicted molar refractivity (Wildman–Crippen MR) is 127 cm³/mol. The summed E-state index contributed by atoms with van der Waals surface area (Å²) in [6.07, 6.45) is 0. The van der Waals surface area contributed by atoms with Gasteiger partial charge < -0.3 is 5.32 Å². The van der Waals surface area contributed by atoms with Crippen LogP contribution in [0.1, 0.15) is 43.7 Å². The molecule has 0 heterocycles. The fraction of sp³-hybridized carbons (Fsp3) is 0.240. The van der Waals surface area contributed by atoms with E-state index in [0.717, 1.165) is 33.5 Å². The van der Waals surface area contributed by atoms with Crippen LogP contribution in [0.2, 0.25) is 0 Å². The predicted octanol–water partition coefficient (Wildman–Crippen LogP) is 5.59. The van der Waals surface area contributed by atoms with Crippen molar-refractivity contribution in [3.63, 3.8) is 0 Å². The Balaban J connectivity index is 1.92. The maximum Gasteiger partial charge on any atom is 0.262 e. The normalized spacial score (nSPS) is 11.3. The molecule has 3 aromatic rings. The Morgan fingerprint density at radius 3 is 1.94 bits per heavy atom. The lowest BCUT2D eigenvalue weighted by atomic mass is 10.0. The zero-order valence-corrected chi connectivity index (χ0v) is 19.6. The summed E-state index contributed by atoms with van der Waals surface area (Å²) in [6.45, 7) is 11.5. The van der Waals surface area contributed by atoms with Crippen molar-refractivity contribution in [1.82, 2.24) is 0 Å². The smallest absolute Gasteiger partial charge is 0.262 e. The molecule has 2 N–H and O–H groups in total. The Morgan fingerprint density at radius 1 is 0.710 bits per heavy atom. The molecule has 1 amide bonds. The van der Waals surface area contributed by atoms with Gasteiger partial charge in [0, 0.05) is 16.9 Å². The number of aryl methyl sites for hydroxylation is 6. The van der Waals surface area contributed by atoms with Gasteiger partial charge in [0.05, 0.1) is 4.90 Å². The Labute approximate surface area is 184 Å². The van der Waals surface area contributed by atoms with Crippen molar-refractivity contribution in [2.45, 2.75) is 46.4 Å². The quantitative estimate of drug-likeness (QED) is 0.547. The molecule has 162 valence electrons. The SMILES string of the molecule is Cc1cc(C)c(NC(=O)c2ccc(C)c(S(=O)(=O)Nc3ccc(C)c(C)c3)c2)c(C)c1. The molecule has 6 heteroatoms. The third-order valence-corrected chi connectivity index (χ3v) is 6.94. The summed E-state index contributed by atoms with van der Waals surface area (Å²) in [6, 6.07) is 14.1. The van der Waals surface area contributed by atoms with E-state index in [-0.39, 0.29) is 16.4 Å². The lowest BCUT2D eigenvalue weighted by Gasteiger charge is -2.15. The van der Waals surface area contributed by atoms with Gasteiger partial charge in [-0.1, -0.05) is 29.8 Å². The van der Waals surface area contributed by atoms with Crippen LogP contribution < -0.4 is 10.0 Å². The van der Waals surface area contributed by atoms with E-state index >= 15 is 0 Å². The minimum absolute atomic E-state index is 0.0794. The number of carbonyl (C=O) groups is 1. The number of hydrogen-bond acceptors (Lipinski definition) is 3. The van der Waals surface area contributed by atoms with Gasteiger partial charge in [-0.15, -0.1) is 0 Å². The van der Waals surface area contributed by atoms with Crippen LogP contribution in [0.25, 0.3) is 0 Å². The molecule has 0 saturated heterocycles. The van der Waals surface area contributed by atoms with E-state index in [9.17, 15) is 13.2 Å². The molecule has 0 aromatic heterocycles. The molecule has 0 unspecified atom stereocenters. The van der Waals surface area contributed by atoms with Gasteiger partial charge in [-0.05, 0) is 93.6 Å². The highest BCUT2D eigenvalue weighted by Gasteiger charge is 2.20. The van der Waals surface area contributed by atoms with Crippen LogP contribution in [0.3, 0.4) is 0 Å².